The van der Waals surface area contributed by atoms with Gasteiger partial charge in [0, 0.05) is 13.1 Å². The molecule has 0 fully saturated rings. The Morgan fingerprint density at radius 2 is 1.78 bits per heavy atom. The fourth-order valence-corrected chi connectivity index (χ4v) is 1.52. The van der Waals surface area contributed by atoms with Crippen molar-refractivity contribution in [2.24, 2.45) is 0 Å². The molecular formula is C13H13F2N3. The second-order valence-corrected chi connectivity index (χ2v) is 3.86. The van der Waals surface area contributed by atoms with Gasteiger partial charge in [0.25, 0.3) is 0 Å². The molecule has 0 atom stereocenters. The number of hydrogen-bond donors (Lipinski definition) is 2. The van der Waals surface area contributed by atoms with Gasteiger partial charge in [-0.2, -0.15) is 0 Å². The molecule has 1 heterocycles. The van der Waals surface area contributed by atoms with Gasteiger partial charge in [-0.25, -0.2) is 13.8 Å². The van der Waals surface area contributed by atoms with Crippen LogP contribution >= 0.6 is 0 Å². The first-order valence-corrected chi connectivity index (χ1v) is 5.47. The van der Waals surface area contributed by atoms with Gasteiger partial charge in [0.15, 0.2) is 0 Å². The van der Waals surface area contributed by atoms with Gasteiger partial charge in [0.2, 0.25) is 0 Å². The van der Waals surface area contributed by atoms with Crippen LogP contribution < -0.4 is 10.6 Å². The van der Waals surface area contributed by atoms with Crippen molar-refractivity contribution in [1.29, 1.82) is 0 Å². The van der Waals surface area contributed by atoms with Gasteiger partial charge in [-0.15, -0.1) is 0 Å². The summed E-state index contributed by atoms with van der Waals surface area (Å²) in [6.07, 6.45) is 0. The summed E-state index contributed by atoms with van der Waals surface area (Å²) >= 11 is 0. The predicted molar refractivity (Wildman–Crippen MR) is 68.2 cm³/mol. The maximum absolute atomic E-state index is 13.6. The van der Waals surface area contributed by atoms with Crippen LogP contribution in [0.2, 0.25) is 0 Å². The molecule has 0 saturated heterocycles. The summed E-state index contributed by atoms with van der Waals surface area (Å²) in [7, 11) is 1.73. The number of nitrogens with zero attached hydrogens (tertiary/aromatic N) is 1. The monoisotopic (exact) mass is 249 g/mol. The Morgan fingerprint density at radius 1 is 1.06 bits per heavy atom. The van der Waals surface area contributed by atoms with E-state index in [0.29, 0.717) is 11.6 Å². The molecule has 2 N–H and O–H groups in total. The van der Waals surface area contributed by atoms with Gasteiger partial charge in [-0.1, -0.05) is 6.07 Å². The Kier molecular flexibility index (Phi) is 3.41. The summed E-state index contributed by atoms with van der Waals surface area (Å²) in [5.41, 5.74) is 0.342. The topological polar surface area (TPSA) is 37.0 Å². The fraction of sp³-hybridized carbons (Fsp3) is 0.154. The van der Waals surface area contributed by atoms with Crippen LogP contribution in [0.4, 0.5) is 26.1 Å². The zero-order chi connectivity index (χ0) is 13.1. The second kappa shape index (κ2) is 5.00. The number of halogens is 2. The van der Waals surface area contributed by atoms with Crippen LogP contribution in [-0.2, 0) is 0 Å². The number of anilines is 3. The summed E-state index contributed by atoms with van der Waals surface area (Å²) in [5.74, 6) is 0.131. The highest BCUT2D eigenvalue weighted by atomic mass is 19.1. The van der Waals surface area contributed by atoms with Crippen LogP contribution in [0.1, 0.15) is 5.56 Å². The summed E-state index contributed by atoms with van der Waals surface area (Å²) in [6.45, 7) is 1.52. The van der Waals surface area contributed by atoms with E-state index in [2.05, 4.69) is 15.6 Å². The summed E-state index contributed by atoms with van der Waals surface area (Å²) in [5, 5.41) is 5.62. The molecule has 0 aliphatic heterocycles. The molecule has 0 aliphatic carbocycles. The quantitative estimate of drug-likeness (QED) is 0.874. The minimum absolute atomic E-state index is 0.0684. The molecule has 0 unspecified atom stereocenters. The molecule has 1 aromatic carbocycles. The molecule has 0 aliphatic rings. The first kappa shape index (κ1) is 12.3. The third-order valence-corrected chi connectivity index (χ3v) is 2.52. The summed E-state index contributed by atoms with van der Waals surface area (Å²) < 4.78 is 27.0. The lowest BCUT2D eigenvalue weighted by molar-refractivity contribution is 0.595. The van der Waals surface area contributed by atoms with Crippen molar-refractivity contribution in [3.05, 3.63) is 47.5 Å². The van der Waals surface area contributed by atoms with E-state index >= 15 is 0 Å². The molecule has 18 heavy (non-hydrogen) atoms. The van der Waals surface area contributed by atoms with E-state index in [1.165, 1.54) is 6.92 Å². The number of aromatic nitrogens is 1. The lowest BCUT2D eigenvalue weighted by atomic mass is 10.2. The van der Waals surface area contributed by atoms with Crippen molar-refractivity contribution in [3.63, 3.8) is 0 Å². The predicted octanol–water partition coefficient (Wildman–Crippen LogP) is 3.45. The van der Waals surface area contributed by atoms with Crippen molar-refractivity contribution >= 4 is 17.3 Å². The van der Waals surface area contributed by atoms with Crippen molar-refractivity contribution < 1.29 is 8.78 Å². The lowest BCUT2D eigenvalue weighted by Gasteiger charge is -2.09. The molecular weight excluding hydrogens is 236 g/mol. The van der Waals surface area contributed by atoms with E-state index in [4.69, 9.17) is 0 Å². The van der Waals surface area contributed by atoms with E-state index in [-0.39, 0.29) is 11.3 Å². The number of benzene rings is 1. The van der Waals surface area contributed by atoms with Crippen LogP contribution in [0.15, 0.2) is 30.3 Å². The molecule has 0 radical (unpaired) electrons. The summed E-state index contributed by atoms with van der Waals surface area (Å²) in [6, 6.07) is 7.50. The van der Waals surface area contributed by atoms with Crippen LogP contribution in [0.25, 0.3) is 0 Å². The first-order chi connectivity index (χ1) is 8.60. The molecule has 0 bridgehead atoms. The zero-order valence-corrected chi connectivity index (χ0v) is 10.1. The minimum atomic E-state index is -0.509. The van der Waals surface area contributed by atoms with Gasteiger partial charge >= 0.3 is 0 Å². The molecule has 0 spiro atoms. The number of nitrogens with one attached hydrogen (secondary N) is 2. The third-order valence-electron chi connectivity index (χ3n) is 2.52. The SMILES string of the molecule is CNc1cccc(Nc2cc(F)c(C)cc2F)n1. The molecule has 0 amide bonds. The normalized spacial score (nSPS) is 10.2. The van der Waals surface area contributed by atoms with Crippen molar-refractivity contribution in [1.82, 2.24) is 4.98 Å². The highest BCUT2D eigenvalue weighted by Gasteiger charge is 2.08. The van der Waals surface area contributed by atoms with E-state index in [1.807, 2.05) is 0 Å². The second-order valence-electron chi connectivity index (χ2n) is 3.86. The number of pyridine rings is 1. The Bertz CT molecular complexity index is 570. The van der Waals surface area contributed by atoms with E-state index in [9.17, 15) is 8.78 Å². The Labute approximate surface area is 104 Å². The molecule has 2 aromatic rings. The number of hydrogen-bond acceptors (Lipinski definition) is 3. The highest BCUT2D eigenvalue weighted by Crippen LogP contribution is 2.22. The Hall–Kier alpha value is -2.17. The smallest absolute Gasteiger partial charge is 0.147 e. The molecule has 3 nitrogen and oxygen atoms in total. The van der Waals surface area contributed by atoms with Crippen molar-refractivity contribution in [3.8, 4) is 0 Å². The van der Waals surface area contributed by atoms with E-state index in [0.717, 1.165) is 12.1 Å². The van der Waals surface area contributed by atoms with Gasteiger partial charge < -0.3 is 10.6 Å². The Balaban J connectivity index is 2.30. The number of rotatable bonds is 3. The highest BCUT2D eigenvalue weighted by molar-refractivity contribution is 5.59. The molecule has 0 saturated carbocycles. The lowest BCUT2D eigenvalue weighted by Crippen LogP contribution is -2.00. The molecule has 1 aromatic heterocycles. The minimum Gasteiger partial charge on any atom is -0.373 e. The van der Waals surface area contributed by atoms with Crippen molar-refractivity contribution in [2.75, 3.05) is 17.7 Å². The maximum Gasteiger partial charge on any atom is 0.147 e. The van der Waals surface area contributed by atoms with Gasteiger partial charge in [-0.05, 0) is 30.7 Å². The average molecular weight is 249 g/mol. The van der Waals surface area contributed by atoms with Crippen LogP contribution in [-0.4, -0.2) is 12.0 Å². The molecule has 94 valence electrons. The van der Waals surface area contributed by atoms with E-state index < -0.39 is 11.6 Å². The van der Waals surface area contributed by atoms with Crippen molar-refractivity contribution in [2.45, 2.75) is 6.92 Å². The largest absolute Gasteiger partial charge is 0.373 e. The zero-order valence-electron chi connectivity index (χ0n) is 10.1. The standard InChI is InChI=1S/C13H13F2N3/c1-8-6-10(15)11(7-9(8)14)17-13-5-3-4-12(16-2)18-13/h3-7H,1-2H3,(H2,16,17,18). The van der Waals surface area contributed by atoms with Gasteiger partial charge in [0.1, 0.15) is 23.3 Å². The van der Waals surface area contributed by atoms with Crippen LogP contribution in [0, 0.1) is 18.6 Å². The molecule has 2 rings (SSSR count). The van der Waals surface area contributed by atoms with Crippen LogP contribution in [0.3, 0.4) is 0 Å². The first-order valence-electron chi connectivity index (χ1n) is 5.47. The average Bonchev–Trinajstić information content (AvgIpc) is 2.36. The Morgan fingerprint density at radius 3 is 2.50 bits per heavy atom. The van der Waals surface area contributed by atoms with Gasteiger partial charge in [0.05, 0.1) is 5.69 Å². The van der Waals surface area contributed by atoms with Gasteiger partial charge in [-0.3, -0.25) is 0 Å². The van der Waals surface area contributed by atoms with Crippen LogP contribution in [0.5, 0.6) is 0 Å². The maximum atomic E-state index is 13.6. The molecule has 5 heteroatoms. The fourth-order valence-electron chi connectivity index (χ4n) is 1.52. The summed E-state index contributed by atoms with van der Waals surface area (Å²) in [4.78, 5) is 4.17. The number of aryl methyl sites for hydroxylation is 1. The van der Waals surface area contributed by atoms with E-state index in [1.54, 1.807) is 25.2 Å². The third kappa shape index (κ3) is 2.56.